The van der Waals surface area contributed by atoms with E-state index in [1.165, 1.54) is 11.6 Å². The molecule has 4 heteroatoms. The standard InChI is InChI=1S/C30H23N2O2/c33-32(34)28-18-10-17-26(19-28)27-20-29(24-13-6-2-7-14-24)31(22-23-11-4-1-5-12-23)30(21-27)25-15-8-3-9-16-25/h1-21H,22H2/q+1. The van der Waals surface area contributed by atoms with E-state index in [4.69, 9.17) is 0 Å². The highest BCUT2D eigenvalue weighted by Crippen LogP contribution is 2.31. The van der Waals surface area contributed by atoms with Crippen LogP contribution in [-0.4, -0.2) is 4.92 Å². The smallest absolute Gasteiger partial charge is 0.258 e. The highest BCUT2D eigenvalue weighted by molar-refractivity contribution is 5.74. The van der Waals surface area contributed by atoms with E-state index < -0.39 is 0 Å². The van der Waals surface area contributed by atoms with Crippen molar-refractivity contribution in [2.24, 2.45) is 0 Å². The van der Waals surface area contributed by atoms with E-state index in [1.54, 1.807) is 12.1 Å². The van der Waals surface area contributed by atoms with Crippen LogP contribution in [0, 0.1) is 10.1 Å². The summed E-state index contributed by atoms with van der Waals surface area (Å²) in [6, 6.07) is 42.0. The summed E-state index contributed by atoms with van der Waals surface area (Å²) in [4.78, 5) is 11.1. The molecule has 0 spiro atoms. The fraction of sp³-hybridized carbons (Fsp3) is 0.0333. The van der Waals surface area contributed by atoms with Gasteiger partial charge in [0.2, 0.25) is 11.4 Å². The van der Waals surface area contributed by atoms with Crippen LogP contribution in [0.15, 0.2) is 127 Å². The Morgan fingerprint density at radius 1 is 0.559 bits per heavy atom. The average molecular weight is 444 g/mol. The summed E-state index contributed by atoms with van der Waals surface area (Å²) >= 11 is 0. The van der Waals surface area contributed by atoms with Crippen LogP contribution in [-0.2, 0) is 6.54 Å². The molecule has 164 valence electrons. The van der Waals surface area contributed by atoms with Gasteiger partial charge in [0.05, 0.1) is 4.92 Å². The van der Waals surface area contributed by atoms with Gasteiger partial charge in [-0.25, -0.2) is 0 Å². The van der Waals surface area contributed by atoms with Crippen LogP contribution in [0.2, 0.25) is 0 Å². The third-order valence-electron chi connectivity index (χ3n) is 5.88. The molecular weight excluding hydrogens is 420 g/mol. The second-order valence-electron chi connectivity index (χ2n) is 8.13. The molecule has 0 saturated heterocycles. The maximum absolute atomic E-state index is 11.4. The summed E-state index contributed by atoms with van der Waals surface area (Å²) < 4.78 is 2.32. The lowest BCUT2D eigenvalue weighted by Gasteiger charge is -2.13. The molecule has 1 aromatic heterocycles. The van der Waals surface area contributed by atoms with E-state index in [2.05, 4.69) is 65.2 Å². The number of nitro benzene ring substituents is 1. The fourth-order valence-corrected chi connectivity index (χ4v) is 4.22. The lowest BCUT2D eigenvalue weighted by Crippen LogP contribution is -2.39. The van der Waals surface area contributed by atoms with E-state index in [0.29, 0.717) is 6.54 Å². The van der Waals surface area contributed by atoms with Gasteiger partial charge in [-0.1, -0.05) is 78.9 Å². The fourth-order valence-electron chi connectivity index (χ4n) is 4.22. The van der Waals surface area contributed by atoms with Gasteiger partial charge in [-0.3, -0.25) is 10.1 Å². The van der Waals surface area contributed by atoms with Crippen molar-refractivity contribution >= 4 is 5.69 Å². The van der Waals surface area contributed by atoms with Gasteiger partial charge in [0, 0.05) is 41.0 Å². The molecule has 4 aromatic carbocycles. The lowest BCUT2D eigenvalue weighted by molar-refractivity contribution is -0.666. The minimum absolute atomic E-state index is 0.0843. The zero-order chi connectivity index (χ0) is 23.3. The molecule has 34 heavy (non-hydrogen) atoms. The SMILES string of the molecule is O=[N+]([O-])c1cccc(-c2cc(-c3ccccc3)[n+](Cc3ccccc3)c(-c3ccccc3)c2)c1. The van der Waals surface area contributed by atoms with E-state index in [1.807, 2.05) is 48.5 Å². The first-order valence-electron chi connectivity index (χ1n) is 11.2. The van der Waals surface area contributed by atoms with Gasteiger partial charge in [0.15, 0.2) is 6.54 Å². The molecule has 1 heterocycles. The van der Waals surface area contributed by atoms with Gasteiger partial charge in [-0.15, -0.1) is 0 Å². The maximum atomic E-state index is 11.4. The highest BCUT2D eigenvalue weighted by Gasteiger charge is 2.23. The van der Waals surface area contributed by atoms with Crippen LogP contribution >= 0.6 is 0 Å². The molecule has 0 fully saturated rings. The zero-order valence-corrected chi connectivity index (χ0v) is 18.5. The number of aromatic nitrogens is 1. The van der Waals surface area contributed by atoms with Crippen LogP contribution in [0.3, 0.4) is 0 Å². The summed E-state index contributed by atoms with van der Waals surface area (Å²) in [6.07, 6.45) is 0. The Hall–Kier alpha value is -4.57. The Bertz CT molecular complexity index is 1370. The molecule has 0 aliphatic heterocycles. The molecule has 0 bridgehead atoms. The van der Waals surface area contributed by atoms with Gasteiger partial charge in [0.25, 0.3) is 5.69 Å². The van der Waals surface area contributed by atoms with Crippen molar-refractivity contribution in [3.63, 3.8) is 0 Å². The summed E-state index contributed by atoms with van der Waals surface area (Å²) in [6.45, 7) is 0.699. The van der Waals surface area contributed by atoms with E-state index in [9.17, 15) is 10.1 Å². The monoisotopic (exact) mass is 443 g/mol. The average Bonchev–Trinajstić information content (AvgIpc) is 2.90. The van der Waals surface area contributed by atoms with Crippen molar-refractivity contribution < 1.29 is 9.49 Å². The minimum Gasteiger partial charge on any atom is -0.258 e. The molecule has 0 atom stereocenters. The number of hydrogen-bond donors (Lipinski definition) is 0. The molecule has 5 rings (SSSR count). The largest absolute Gasteiger partial charge is 0.270 e. The topological polar surface area (TPSA) is 47.0 Å². The normalized spacial score (nSPS) is 10.7. The van der Waals surface area contributed by atoms with Crippen LogP contribution in [0.4, 0.5) is 5.69 Å². The second-order valence-corrected chi connectivity index (χ2v) is 8.13. The van der Waals surface area contributed by atoms with Crippen molar-refractivity contribution in [3.8, 4) is 33.6 Å². The first-order chi connectivity index (χ1) is 16.7. The number of non-ortho nitro benzene ring substituents is 1. The number of rotatable bonds is 6. The Morgan fingerprint density at radius 2 is 1.06 bits per heavy atom. The van der Waals surface area contributed by atoms with Crippen molar-refractivity contribution in [1.82, 2.24) is 0 Å². The molecule has 5 aromatic rings. The van der Waals surface area contributed by atoms with Crippen LogP contribution < -0.4 is 4.57 Å². The Kier molecular flexibility index (Phi) is 5.95. The molecule has 0 radical (unpaired) electrons. The van der Waals surface area contributed by atoms with E-state index in [0.717, 1.165) is 33.6 Å². The Labute approximate surface area is 198 Å². The lowest BCUT2D eigenvalue weighted by atomic mass is 9.98. The van der Waals surface area contributed by atoms with Gasteiger partial charge in [-0.2, -0.15) is 4.57 Å². The van der Waals surface area contributed by atoms with Crippen molar-refractivity contribution in [1.29, 1.82) is 0 Å². The van der Waals surface area contributed by atoms with Gasteiger partial charge in [0.1, 0.15) is 0 Å². The Balaban J connectivity index is 1.79. The van der Waals surface area contributed by atoms with Gasteiger partial charge >= 0.3 is 0 Å². The van der Waals surface area contributed by atoms with Crippen LogP contribution in [0.5, 0.6) is 0 Å². The number of benzene rings is 4. The van der Waals surface area contributed by atoms with Crippen LogP contribution in [0.25, 0.3) is 33.6 Å². The molecule has 0 amide bonds. The summed E-state index contributed by atoms with van der Waals surface area (Å²) in [5.74, 6) is 0. The van der Waals surface area contributed by atoms with Crippen molar-refractivity contribution in [3.05, 3.63) is 143 Å². The zero-order valence-electron chi connectivity index (χ0n) is 18.5. The minimum atomic E-state index is -0.349. The van der Waals surface area contributed by atoms with E-state index in [-0.39, 0.29) is 10.6 Å². The second kappa shape index (κ2) is 9.51. The Morgan fingerprint density at radius 3 is 1.59 bits per heavy atom. The quantitative estimate of drug-likeness (QED) is 0.162. The number of hydrogen-bond acceptors (Lipinski definition) is 2. The number of pyridine rings is 1. The third-order valence-corrected chi connectivity index (χ3v) is 5.88. The molecule has 0 aliphatic rings. The predicted octanol–water partition coefficient (Wildman–Crippen LogP) is 6.93. The molecular formula is C30H23N2O2+. The van der Waals surface area contributed by atoms with Crippen molar-refractivity contribution in [2.45, 2.75) is 6.54 Å². The third kappa shape index (κ3) is 4.48. The molecule has 4 nitrogen and oxygen atoms in total. The number of nitro groups is 1. The molecule has 0 saturated carbocycles. The highest BCUT2D eigenvalue weighted by atomic mass is 16.6. The van der Waals surface area contributed by atoms with Crippen molar-refractivity contribution in [2.75, 3.05) is 0 Å². The number of nitrogens with zero attached hydrogens (tertiary/aromatic N) is 2. The van der Waals surface area contributed by atoms with Crippen LogP contribution in [0.1, 0.15) is 5.56 Å². The van der Waals surface area contributed by atoms with Gasteiger partial charge < -0.3 is 0 Å². The maximum Gasteiger partial charge on any atom is 0.270 e. The van der Waals surface area contributed by atoms with E-state index >= 15 is 0 Å². The predicted molar refractivity (Wildman–Crippen MR) is 135 cm³/mol. The summed E-state index contributed by atoms with van der Waals surface area (Å²) in [5, 5.41) is 11.4. The summed E-state index contributed by atoms with van der Waals surface area (Å²) in [7, 11) is 0. The van der Waals surface area contributed by atoms with Gasteiger partial charge in [-0.05, 0) is 35.4 Å². The molecule has 0 unspecified atom stereocenters. The first kappa shape index (κ1) is 21.3. The summed E-state index contributed by atoms with van der Waals surface area (Å²) in [5.41, 5.74) is 7.30. The molecule has 0 aliphatic carbocycles. The molecule has 0 N–H and O–H groups in total. The first-order valence-corrected chi connectivity index (χ1v) is 11.2.